The fourth-order valence-corrected chi connectivity index (χ4v) is 2.04. The Morgan fingerprint density at radius 2 is 2.06 bits per heavy atom. The van der Waals surface area contributed by atoms with Gasteiger partial charge < -0.3 is 20.7 Å². The quantitative estimate of drug-likeness (QED) is 0.289. The number of hydrogen-bond donors (Lipinski definition) is 2. The Labute approximate surface area is 97.9 Å². The number of hydrogen-bond acceptors (Lipinski definition) is 4. The van der Waals surface area contributed by atoms with Crippen LogP contribution in [0.25, 0.3) is 0 Å². The molecule has 0 radical (unpaired) electrons. The van der Waals surface area contributed by atoms with Crippen LogP contribution in [0.1, 0.15) is 26.2 Å². The number of nitrogens with two attached hydrogens (primary N) is 1. The summed E-state index contributed by atoms with van der Waals surface area (Å²) in [7, 11) is 0. The van der Waals surface area contributed by atoms with Gasteiger partial charge in [0.05, 0.1) is 0 Å². The van der Waals surface area contributed by atoms with Gasteiger partial charge in [-0.05, 0) is 32.5 Å². The van der Waals surface area contributed by atoms with Gasteiger partial charge in [-0.2, -0.15) is 0 Å². The van der Waals surface area contributed by atoms with Crippen LogP contribution in [0.5, 0.6) is 0 Å². The van der Waals surface area contributed by atoms with E-state index in [0.29, 0.717) is 12.3 Å². The fourth-order valence-electron chi connectivity index (χ4n) is 2.04. The predicted molar refractivity (Wildman–Crippen MR) is 65.8 cm³/mol. The van der Waals surface area contributed by atoms with Gasteiger partial charge in [-0.25, -0.2) is 0 Å². The van der Waals surface area contributed by atoms with Gasteiger partial charge in [-0.15, -0.1) is 0 Å². The average molecular weight is 228 g/mol. The molecule has 1 aliphatic rings. The third-order valence-corrected chi connectivity index (χ3v) is 3.19. The van der Waals surface area contributed by atoms with E-state index in [0.717, 1.165) is 26.2 Å². The Balaban J connectivity index is 2.15. The van der Waals surface area contributed by atoms with Gasteiger partial charge in [0, 0.05) is 26.1 Å². The van der Waals surface area contributed by atoms with E-state index in [9.17, 15) is 0 Å². The summed E-state index contributed by atoms with van der Waals surface area (Å²) in [4.78, 5) is 4.85. The zero-order chi connectivity index (χ0) is 11.8. The van der Waals surface area contributed by atoms with Crippen LogP contribution < -0.4 is 5.73 Å². The first kappa shape index (κ1) is 13.3. The van der Waals surface area contributed by atoms with E-state index in [2.05, 4.69) is 21.9 Å². The van der Waals surface area contributed by atoms with Crippen molar-refractivity contribution < 1.29 is 5.21 Å². The van der Waals surface area contributed by atoms with Gasteiger partial charge in [-0.1, -0.05) is 12.1 Å². The lowest BCUT2D eigenvalue weighted by atomic mass is 10.3. The van der Waals surface area contributed by atoms with Crippen LogP contribution in [0.4, 0.5) is 0 Å². The molecule has 0 aromatic heterocycles. The molecule has 0 unspecified atom stereocenters. The van der Waals surface area contributed by atoms with Crippen molar-refractivity contribution in [3.8, 4) is 0 Å². The number of nitrogens with zero attached hydrogens (tertiary/aromatic N) is 3. The summed E-state index contributed by atoms with van der Waals surface area (Å²) in [5.74, 6) is 0.319. The number of likely N-dealkylation sites (N-methyl/N-ethyl adjacent to an activating group) is 1. The summed E-state index contributed by atoms with van der Waals surface area (Å²) in [6.07, 6.45) is 3.33. The molecule has 0 aliphatic carbocycles. The Bertz CT molecular complexity index is 214. The van der Waals surface area contributed by atoms with Crippen molar-refractivity contribution >= 4 is 5.84 Å². The first-order valence-corrected chi connectivity index (χ1v) is 6.17. The second-order valence-electron chi connectivity index (χ2n) is 4.32. The van der Waals surface area contributed by atoms with Gasteiger partial charge in [0.2, 0.25) is 0 Å². The molecule has 3 N–H and O–H groups in total. The molecule has 0 spiro atoms. The summed E-state index contributed by atoms with van der Waals surface area (Å²) < 4.78 is 0. The number of amidine groups is 1. The van der Waals surface area contributed by atoms with E-state index in [1.807, 2.05) is 0 Å². The number of rotatable bonds is 7. The summed E-state index contributed by atoms with van der Waals surface area (Å²) in [5.41, 5.74) is 5.46. The zero-order valence-corrected chi connectivity index (χ0v) is 10.2. The van der Waals surface area contributed by atoms with Crippen molar-refractivity contribution in [2.45, 2.75) is 26.2 Å². The molecular formula is C11H24N4O. The predicted octanol–water partition coefficient (Wildman–Crippen LogP) is 0.541. The Hall–Kier alpha value is -0.810. The minimum absolute atomic E-state index is 0.319. The standard InChI is InChI=1S/C11H24N4O/c1-2-14(8-5-11(12)13-16)9-10-15-6-3-4-7-15/h16H,2-10H2,1H3,(H2,12,13). The molecular weight excluding hydrogens is 204 g/mol. The molecule has 0 bridgehead atoms. The number of likely N-dealkylation sites (tertiary alicyclic amines) is 1. The second-order valence-corrected chi connectivity index (χ2v) is 4.32. The summed E-state index contributed by atoms with van der Waals surface area (Å²) in [6.45, 7) is 8.76. The monoisotopic (exact) mass is 228 g/mol. The highest BCUT2D eigenvalue weighted by molar-refractivity contribution is 5.79. The third-order valence-electron chi connectivity index (χ3n) is 3.19. The van der Waals surface area contributed by atoms with Crippen LogP contribution in [0.15, 0.2) is 5.16 Å². The molecule has 1 fully saturated rings. The van der Waals surface area contributed by atoms with Crippen LogP contribution in [-0.4, -0.2) is 60.1 Å². The Morgan fingerprint density at radius 1 is 1.38 bits per heavy atom. The fraction of sp³-hybridized carbons (Fsp3) is 0.909. The summed E-state index contributed by atoms with van der Waals surface area (Å²) >= 11 is 0. The maximum absolute atomic E-state index is 8.46. The van der Waals surface area contributed by atoms with Crippen molar-refractivity contribution in [3.05, 3.63) is 0 Å². The molecule has 16 heavy (non-hydrogen) atoms. The summed E-state index contributed by atoms with van der Waals surface area (Å²) in [5, 5.41) is 11.4. The molecule has 0 amide bonds. The molecule has 5 heteroatoms. The van der Waals surface area contributed by atoms with Crippen LogP contribution >= 0.6 is 0 Å². The lowest BCUT2D eigenvalue weighted by molar-refractivity contribution is 0.236. The Morgan fingerprint density at radius 3 is 2.62 bits per heavy atom. The van der Waals surface area contributed by atoms with Gasteiger partial charge >= 0.3 is 0 Å². The maximum atomic E-state index is 8.46. The smallest absolute Gasteiger partial charge is 0.140 e. The maximum Gasteiger partial charge on any atom is 0.140 e. The molecule has 0 saturated carbocycles. The topological polar surface area (TPSA) is 65.1 Å². The van der Waals surface area contributed by atoms with E-state index in [1.165, 1.54) is 25.9 Å². The Kier molecular flexibility index (Phi) is 6.18. The van der Waals surface area contributed by atoms with Crippen molar-refractivity contribution in [1.82, 2.24) is 9.80 Å². The van der Waals surface area contributed by atoms with Crippen molar-refractivity contribution in [3.63, 3.8) is 0 Å². The van der Waals surface area contributed by atoms with E-state index in [1.54, 1.807) is 0 Å². The van der Waals surface area contributed by atoms with E-state index in [4.69, 9.17) is 10.9 Å². The lowest BCUT2D eigenvalue weighted by Crippen LogP contribution is -2.35. The molecule has 1 rings (SSSR count). The largest absolute Gasteiger partial charge is 0.409 e. The third kappa shape index (κ3) is 4.81. The molecule has 94 valence electrons. The van der Waals surface area contributed by atoms with Crippen LogP contribution in [0.3, 0.4) is 0 Å². The van der Waals surface area contributed by atoms with Crippen LogP contribution in [0.2, 0.25) is 0 Å². The number of oxime groups is 1. The SMILES string of the molecule is CCN(CCC(N)=NO)CCN1CCCC1. The highest BCUT2D eigenvalue weighted by Gasteiger charge is 2.12. The van der Waals surface area contributed by atoms with E-state index >= 15 is 0 Å². The van der Waals surface area contributed by atoms with Crippen molar-refractivity contribution in [1.29, 1.82) is 0 Å². The summed E-state index contributed by atoms with van der Waals surface area (Å²) in [6, 6.07) is 0. The van der Waals surface area contributed by atoms with E-state index in [-0.39, 0.29) is 0 Å². The average Bonchev–Trinajstić information content (AvgIpc) is 2.81. The molecule has 0 aromatic rings. The molecule has 0 atom stereocenters. The minimum atomic E-state index is 0.319. The van der Waals surface area contributed by atoms with Gasteiger partial charge in [-0.3, -0.25) is 0 Å². The first-order chi connectivity index (χ1) is 7.76. The minimum Gasteiger partial charge on any atom is -0.409 e. The highest BCUT2D eigenvalue weighted by Crippen LogP contribution is 2.06. The molecule has 1 saturated heterocycles. The van der Waals surface area contributed by atoms with Gasteiger partial charge in [0.15, 0.2) is 0 Å². The first-order valence-electron chi connectivity index (χ1n) is 6.17. The highest BCUT2D eigenvalue weighted by atomic mass is 16.4. The molecule has 1 heterocycles. The van der Waals surface area contributed by atoms with Crippen molar-refractivity contribution in [2.24, 2.45) is 10.9 Å². The van der Waals surface area contributed by atoms with Crippen molar-refractivity contribution in [2.75, 3.05) is 39.3 Å². The van der Waals surface area contributed by atoms with Gasteiger partial charge in [0.25, 0.3) is 0 Å². The zero-order valence-electron chi connectivity index (χ0n) is 10.2. The van der Waals surface area contributed by atoms with Crippen LogP contribution in [0, 0.1) is 0 Å². The van der Waals surface area contributed by atoms with Crippen LogP contribution in [-0.2, 0) is 0 Å². The molecule has 1 aliphatic heterocycles. The normalized spacial score (nSPS) is 18.5. The van der Waals surface area contributed by atoms with Gasteiger partial charge in [0.1, 0.15) is 5.84 Å². The van der Waals surface area contributed by atoms with E-state index < -0.39 is 0 Å². The lowest BCUT2D eigenvalue weighted by Gasteiger charge is -2.23. The molecule has 0 aromatic carbocycles. The molecule has 5 nitrogen and oxygen atoms in total. The second kappa shape index (κ2) is 7.46.